The smallest absolute Gasteiger partial charge is 0.0529 e. The van der Waals surface area contributed by atoms with E-state index in [4.69, 9.17) is 4.74 Å². The molecule has 0 saturated carbocycles. The third-order valence-electron chi connectivity index (χ3n) is 2.68. The molecule has 1 atom stereocenters. The number of nitrogens with one attached hydrogen (secondary N) is 1. The summed E-state index contributed by atoms with van der Waals surface area (Å²) in [5.74, 6) is 0.720. The predicted octanol–water partition coefficient (Wildman–Crippen LogP) is 1.33. The Bertz CT molecular complexity index is 163. The first kappa shape index (κ1) is 8.27. The average Bonchev–Trinajstić information content (AvgIpc) is 2.59. The Labute approximate surface area is 74.0 Å². The topological polar surface area (TPSA) is 21.3 Å². The molecule has 0 amide bonds. The van der Waals surface area contributed by atoms with Gasteiger partial charge < -0.3 is 10.1 Å². The maximum absolute atomic E-state index is 5.34. The van der Waals surface area contributed by atoms with E-state index in [0.29, 0.717) is 0 Å². The van der Waals surface area contributed by atoms with Crippen LogP contribution in [0.3, 0.4) is 0 Å². The lowest BCUT2D eigenvalue weighted by Gasteiger charge is -2.16. The van der Waals surface area contributed by atoms with Gasteiger partial charge in [-0.2, -0.15) is 0 Å². The van der Waals surface area contributed by atoms with Crippen LogP contribution in [0.5, 0.6) is 0 Å². The fourth-order valence-electron chi connectivity index (χ4n) is 1.93. The molecule has 0 aromatic rings. The van der Waals surface area contributed by atoms with Crippen LogP contribution in [0.1, 0.15) is 19.3 Å². The summed E-state index contributed by atoms with van der Waals surface area (Å²) in [7, 11) is 0. The van der Waals surface area contributed by atoms with Gasteiger partial charge in [0.25, 0.3) is 0 Å². The van der Waals surface area contributed by atoms with E-state index < -0.39 is 0 Å². The number of piperidine rings is 1. The van der Waals surface area contributed by atoms with Crippen molar-refractivity contribution in [2.45, 2.75) is 19.3 Å². The largest absolute Gasteiger partial charge is 0.381 e. The maximum atomic E-state index is 5.34. The average molecular weight is 167 g/mol. The van der Waals surface area contributed by atoms with Gasteiger partial charge in [-0.1, -0.05) is 11.6 Å². The van der Waals surface area contributed by atoms with E-state index in [1.54, 1.807) is 5.57 Å². The van der Waals surface area contributed by atoms with Crippen LogP contribution in [0.2, 0.25) is 0 Å². The second-order valence-electron chi connectivity index (χ2n) is 3.70. The van der Waals surface area contributed by atoms with Gasteiger partial charge in [-0.3, -0.25) is 0 Å². The molecule has 0 aromatic carbocycles. The molecule has 0 bridgehead atoms. The molecule has 2 rings (SSSR count). The van der Waals surface area contributed by atoms with Gasteiger partial charge in [-0.15, -0.1) is 0 Å². The van der Waals surface area contributed by atoms with Crippen molar-refractivity contribution < 1.29 is 4.74 Å². The Kier molecular flexibility index (Phi) is 2.79. The molecule has 2 saturated heterocycles. The molecule has 2 aliphatic rings. The highest BCUT2D eigenvalue weighted by molar-refractivity contribution is 5.08. The Morgan fingerprint density at radius 2 is 2.17 bits per heavy atom. The van der Waals surface area contributed by atoms with Crippen molar-refractivity contribution in [2.75, 3.05) is 26.3 Å². The van der Waals surface area contributed by atoms with Gasteiger partial charge in [0, 0.05) is 12.5 Å². The summed E-state index contributed by atoms with van der Waals surface area (Å²) in [6.45, 7) is 4.25. The van der Waals surface area contributed by atoms with E-state index >= 15 is 0 Å². The molecular formula is C10H17NO. The lowest BCUT2D eigenvalue weighted by atomic mass is 9.99. The van der Waals surface area contributed by atoms with E-state index in [0.717, 1.165) is 19.1 Å². The van der Waals surface area contributed by atoms with Gasteiger partial charge in [0.15, 0.2) is 0 Å². The molecule has 12 heavy (non-hydrogen) atoms. The van der Waals surface area contributed by atoms with Gasteiger partial charge in [0.1, 0.15) is 0 Å². The molecule has 0 aliphatic carbocycles. The molecule has 1 N–H and O–H groups in total. The third kappa shape index (κ3) is 2.08. The molecule has 2 heteroatoms. The van der Waals surface area contributed by atoms with Crippen LogP contribution >= 0.6 is 0 Å². The monoisotopic (exact) mass is 167 g/mol. The van der Waals surface area contributed by atoms with E-state index in [1.165, 1.54) is 32.4 Å². The summed E-state index contributed by atoms with van der Waals surface area (Å²) < 4.78 is 5.34. The Balaban J connectivity index is 1.87. The van der Waals surface area contributed by atoms with E-state index in [2.05, 4.69) is 11.4 Å². The van der Waals surface area contributed by atoms with Crippen LogP contribution < -0.4 is 5.32 Å². The lowest BCUT2D eigenvalue weighted by Crippen LogP contribution is -2.23. The van der Waals surface area contributed by atoms with Crippen molar-refractivity contribution in [3.8, 4) is 0 Å². The van der Waals surface area contributed by atoms with Gasteiger partial charge >= 0.3 is 0 Å². The number of rotatable bonds is 1. The first-order chi connectivity index (χ1) is 5.95. The lowest BCUT2D eigenvalue weighted by molar-refractivity contribution is 0.191. The van der Waals surface area contributed by atoms with Gasteiger partial charge in [0.2, 0.25) is 0 Å². The van der Waals surface area contributed by atoms with E-state index in [1.807, 2.05) is 0 Å². The predicted molar refractivity (Wildman–Crippen MR) is 49.1 cm³/mol. The van der Waals surface area contributed by atoms with Crippen LogP contribution in [0, 0.1) is 5.92 Å². The highest BCUT2D eigenvalue weighted by atomic mass is 16.5. The van der Waals surface area contributed by atoms with Crippen LogP contribution in [0.25, 0.3) is 0 Å². The van der Waals surface area contributed by atoms with Crippen molar-refractivity contribution in [1.29, 1.82) is 0 Å². The summed E-state index contributed by atoms with van der Waals surface area (Å²) in [5, 5.41) is 3.37. The molecule has 0 aromatic heterocycles. The minimum Gasteiger partial charge on any atom is -0.381 e. The van der Waals surface area contributed by atoms with Crippen LogP contribution in [0.15, 0.2) is 11.6 Å². The van der Waals surface area contributed by atoms with Gasteiger partial charge in [-0.05, 0) is 32.4 Å². The minimum absolute atomic E-state index is 0.720. The first-order valence-corrected chi connectivity index (χ1v) is 4.93. The van der Waals surface area contributed by atoms with Crippen molar-refractivity contribution >= 4 is 0 Å². The zero-order valence-electron chi connectivity index (χ0n) is 7.51. The first-order valence-electron chi connectivity index (χ1n) is 4.93. The highest BCUT2D eigenvalue weighted by Gasteiger charge is 2.14. The Morgan fingerprint density at radius 3 is 2.83 bits per heavy atom. The zero-order valence-corrected chi connectivity index (χ0v) is 7.51. The fourth-order valence-corrected chi connectivity index (χ4v) is 1.93. The quantitative estimate of drug-likeness (QED) is 0.595. The highest BCUT2D eigenvalue weighted by Crippen LogP contribution is 2.19. The standard InChI is InChI=1S/C10H17NO/c1-4-11-5-2-9(1)7-10-3-6-12-8-10/h7,10-11H,1-6,8H2. The molecule has 2 heterocycles. The van der Waals surface area contributed by atoms with E-state index in [9.17, 15) is 0 Å². The number of ether oxygens (including phenoxy) is 1. The second-order valence-corrected chi connectivity index (χ2v) is 3.70. The second kappa shape index (κ2) is 4.06. The third-order valence-corrected chi connectivity index (χ3v) is 2.68. The van der Waals surface area contributed by atoms with Gasteiger partial charge in [-0.25, -0.2) is 0 Å². The Hall–Kier alpha value is -0.340. The molecule has 0 radical (unpaired) electrons. The summed E-state index contributed by atoms with van der Waals surface area (Å²) in [6, 6.07) is 0. The minimum atomic E-state index is 0.720. The van der Waals surface area contributed by atoms with Gasteiger partial charge in [0.05, 0.1) is 6.61 Å². The maximum Gasteiger partial charge on any atom is 0.0529 e. The molecule has 1 unspecified atom stereocenters. The summed E-state index contributed by atoms with van der Waals surface area (Å²) >= 11 is 0. The molecule has 2 fully saturated rings. The van der Waals surface area contributed by atoms with Crippen molar-refractivity contribution in [2.24, 2.45) is 5.92 Å². The van der Waals surface area contributed by atoms with Crippen LogP contribution in [0.4, 0.5) is 0 Å². The molecule has 68 valence electrons. The van der Waals surface area contributed by atoms with Crippen LogP contribution in [-0.4, -0.2) is 26.3 Å². The summed E-state index contributed by atoms with van der Waals surface area (Å²) in [4.78, 5) is 0. The SMILES string of the molecule is C(=C1CCNCC1)C1CCOC1. The molecular weight excluding hydrogens is 150 g/mol. The Morgan fingerprint density at radius 1 is 1.33 bits per heavy atom. The number of hydrogen-bond acceptors (Lipinski definition) is 2. The fraction of sp³-hybridized carbons (Fsp3) is 0.800. The summed E-state index contributed by atoms with van der Waals surface area (Å²) in [5.41, 5.74) is 1.64. The van der Waals surface area contributed by atoms with Crippen LogP contribution in [-0.2, 0) is 4.74 Å². The number of hydrogen-bond donors (Lipinski definition) is 1. The van der Waals surface area contributed by atoms with Crippen molar-refractivity contribution in [1.82, 2.24) is 5.32 Å². The zero-order chi connectivity index (χ0) is 8.23. The molecule has 2 nitrogen and oxygen atoms in total. The molecule has 2 aliphatic heterocycles. The van der Waals surface area contributed by atoms with Crippen molar-refractivity contribution in [3.63, 3.8) is 0 Å². The van der Waals surface area contributed by atoms with Crippen molar-refractivity contribution in [3.05, 3.63) is 11.6 Å². The molecule has 0 spiro atoms. The summed E-state index contributed by atoms with van der Waals surface area (Å²) in [6.07, 6.45) is 6.18. The van der Waals surface area contributed by atoms with E-state index in [-0.39, 0.29) is 0 Å². The normalized spacial score (nSPS) is 30.7.